The Bertz CT molecular complexity index is 95.6. The Morgan fingerprint density at radius 3 is 2.60 bits per heavy atom. The van der Waals surface area contributed by atoms with Gasteiger partial charge in [0.2, 0.25) is 0 Å². The minimum atomic E-state index is 0.0671. The van der Waals surface area contributed by atoms with Crippen LogP contribution in [0.4, 0.5) is 0 Å². The lowest BCUT2D eigenvalue weighted by Gasteiger charge is -2.17. The fourth-order valence-electron chi connectivity index (χ4n) is 0.968. The first-order chi connectivity index (χ1) is 4.76. The van der Waals surface area contributed by atoms with Crippen molar-refractivity contribution in [2.24, 2.45) is 5.92 Å². The Kier molecular flexibility index (Phi) is 5.53. The molecule has 0 rings (SSSR count). The Hall–Kier alpha value is -0.153. The van der Waals surface area contributed by atoms with E-state index < -0.39 is 0 Å². The van der Waals surface area contributed by atoms with Crippen molar-refractivity contribution < 1.29 is 9.22 Å². The standard InChI is InChI=1S/C7H16O2Si/c1-3-4-7(9-10)6(2)5-8/h5-7H,3-4H2,1-2,10H3/t6-,7-/m0/s1. The lowest BCUT2D eigenvalue weighted by Crippen LogP contribution is -2.21. The maximum atomic E-state index is 10.3. The summed E-state index contributed by atoms with van der Waals surface area (Å²) < 4.78 is 5.25. The van der Waals surface area contributed by atoms with E-state index in [2.05, 4.69) is 6.92 Å². The number of rotatable bonds is 5. The SMILES string of the molecule is CCC[C@H](O[SiH3])[C@@H](C)C=O. The summed E-state index contributed by atoms with van der Waals surface area (Å²) in [5.74, 6) is 0.0671. The zero-order chi connectivity index (χ0) is 7.98. The highest BCUT2D eigenvalue weighted by Crippen LogP contribution is 2.09. The fraction of sp³-hybridized carbons (Fsp3) is 0.857. The van der Waals surface area contributed by atoms with Crippen LogP contribution >= 0.6 is 0 Å². The molecule has 0 N–H and O–H groups in total. The van der Waals surface area contributed by atoms with Crippen molar-refractivity contribution in [2.45, 2.75) is 32.8 Å². The van der Waals surface area contributed by atoms with Crippen LogP contribution in [0.25, 0.3) is 0 Å². The van der Waals surface area contributed by atoms with Gasteiger partial charge in [0.1, 0.15) is 16.8 Å². The third-order valence-electron chi connectivity index (χ3n) is 1.68. The molecular weight excluding hydrogens is 144 g/mol. The van der Waals surface area contributed by atoms with E-state index in [0.717, 1.165) is 29.6 Å². The smallest absolute Gasteiger partial charge is 0.146 e. The molecule has 0 aromatic carbocycles. The van der Waals surface area contributed by atoms with E-state index in [1.807, 2.05) is 6.92 Å². The van der Waals surface area contributed by atoms with Crippen molar-refractivity contribution in [1.82, 2.24) is 0 Å². The third kappa shape index (κ3) is 3.13. The van der Waals surface area contributed by atoms with E-state index >= 15 is 0 Å². The molecule has 0 aromatic rings. The molecule has 0 unspecified atom stereocenters. The summed E-state index contributed by atoms with van der Waals surface area (Å²) in [6.45, 7) is 4.01. The highest BCUT2D eigenvalue weighted by molar-refractivity contribution is 5.98. The second kappa shape index (κ2) is 5.62. The van der Waals surface area contributed by atoms with Gasteiger partial charge in [-0.15, -0.1) is 0 Å². The zero-order valence-electron chi connectivity index (χ0n) is 6.96. The fourth-order valence-corrected chi connectivity index (χ4v) is 1.63. The molecule has 0 amide bonds. The highest BCUT2D eigenvalue weighted by atomic mass is 28.2. The molecular formula is C7H16O2Si. The maximum absolute atomic E-state index is 10.3. The molecule has 0 saturated heterocycles. The Balaban J connectivity index is 3.67. The molecule has 3 heteroatoms. The lowest BCUT2D eigenvalue weighted by atomic mass is 10.0. The van der Waals surface area contributed by atoms with Gasteiger partial charge in [-0.25, -0.2) is 0 Å². The lowest BCUT2D eigenvalue weighted by molar-refractivity contribution is -0.113. The van der Waals surface area contributed by atoms with Crippen LogP contribution in [-0.4, -0.2) is 22.9 Å². The van der Waals surface area contributed by atoms with Gasteiger partial charge in [-0.3, -0.25) is 0 Å². The molecule has 0 bridgehead atoms. The molecule has 0 heterocycles. The topological polar surface area (TPSA) is 26.3 Å². The van der Waals surface area contributed by atoms with Crippen LogP contribution in [0.5, 0.6) is 0 Å². The second-order valence-corrected chi connectivity index (χ2v) is 3.03. The van der Waals surface area contributed by atoms with Gasteiger partial charge in [-0.2, -0.15) is 0 Å². The van der Waals surface area contributed by atoms with Gasteiger partial charge in [-0.05, 0) is 6.42 Å². The minimum absolute atomic E-state index is 0.0671. The summed E-state index contributed by atoms with van der Waals surface area (Å²) in [5.41, 5.74) is 0. The van der Waals surface area contributed by atoms with Crippen molar-refractivity contribution >= 4 is 16.8 Å². The highest BCUT2D eigenvalue weighted by Gasteiger charge is 2.13. The van der Waals surface area contributed by atoms with Gasteiger partial charge in [0.15, 0.2) is 0 Å². The van der Waals surface area contributed by atoms with E-state index in [-0.39, 0.29) is 12.0 Å². The molecule has 2 atom stereocenters. The first-order valence-electron chi connectivity index (χ1n) is 3.74. The maximum Gasteiger partial charge on any atom is 0.146 e. The van der Waals surface area contributed by atoms with Crippen LogP contribution in [-0.2, 0) is 9.22 Å². The Labute approximate surface area is 65.5 Å². The second-order valence-electron chi connectivity index (χ2n) is 2.56. The molecule has 0 fully saturated rings. The first kappa shape index (κ1) is 9.85. The van der Waals surface area contributed by atoms with Crippen molar-refractivity contribution in [3.05, 3.63) is 0 Å². The zero-order valence-corrected chi connectivity index (χ0v) is 8.96. The van der Waals surface area contributed by atoms with Crippen LogP contribution in [0.1, 0.15) is 26.7 Å². The van der Waals surface area contributed by atoms with Crippen LogP contribution in [0.2, 0.25) is 0 Å². The third-order valence-corrected chi connectivity index (χ3v) is 2.28. The molecule has 0 saturated carbocycles. The van der Waals surface area contributed by atoms with Gasteiger partial charge < -0.3 is 9.22 Å². The van der Waals surface area contributed by atoms with Gasteiger partial charge >= 0.3 is 0 Å². The average molecular weight is 160 g/mol. The van der Waals surface area contributed by atoms with Crippen LogP contribution in [0.3, 0.4) is 0 Å². The molecule has 0 aliphatic carbocycles. The normalized spacial score (nSPS) is 16.6. The Morgan fingerprint density at radius 2 is 2.30 bits per heavy atom. The predicted octanol–water partition coefficient (Wildman–Crippen LogP) is 0.287. The monoisotopic (exact) mass is 160 g/mol. The molecule has 0 aromatic heterocycles. The molecule has 0 spiro atoms. The summed E-state index contributed by atoms with van der Waals surface area (Å²) in [6.07, 6.45) is 3.24. The minimum Gasteiger partial charge on any atom is -0.424 e. The van der Waals surface area contributed by atoms with E-state index in [1.54, 1.807) is 0 Å². The average Bonchev–Trinajstić information content (AvgIpc) is 1.99. The van der Waals surface area contributed by atoms with E-state index in [1.165, 1.54) is 0 Å². The van der Waals surface area contributed by atoms with Gasteiger partial charge in [0.25, 0.3) is 0 Å². The van der Waals surface area contributed by atoms with Crippen molar-refractivity contribution in [1.29, 1.82) is 0 Å². The van der Waals surface area contributed by atoms with E-state index in [4.69, 9.17) is 4.43 Å². The number of aldehydes is 1. The molecule has 0 radical (unpaired) electrons. The van der Waals surface area contributed by atoms with Crippen LogP contribution in [0, 0.1) is 5.92 Å². The largest absolute Gasteiger partial charge is 0.424 e. The van der Waals surface area contributed by atoms with Gasteiger partial charge in [0, 0.05) is 5.92 Å². The van der Waals surface area contributed by atoms with Gasteiger partial charge in [-0.1, -0.05) is 20.3 Å². The number of carbonyl (C=O) groups is 1. The molecule has 0 aliphatic heterocycles. The molecule has 60 valence electrons. The summed E-state index contributed by atoms with van der Waals surface area (Å²) in [6, 6.07) is 0. The first-order valence-corrected chi connectivity index (χ1v) is 4.56. The molecule has 0 aliphatic rings. The predicted molar refractivity (Wildman–Crippen MR) is 44.9 cm³/mol. The summed E-state index contributed by atoms with van der Waals surface area (Å²) in [4.78, 5) is 10.3. The Morgan fingerprint density at radius 1 is 1.70 bits per heavy atom. The summed E-state index contributed by atoms with van der Waals surface area (Å²) in [7, 11) is 0.730. The summed E-state index contributed by atoms with van der Waals surface area (Å²) >= 11 is 0. The molecule has 2 nitrogen and oxygen atoms in total. The quantitative estimate of drug-likeness (QED) is 0.427. The summed E-state index contributed by atoms with van der Waals surface area (Å²) in [5, 5.41) is 0. The number of hydrogen-bond acceptors (Lipinski definition) is 2. The van der Waals surface area contributed by atoms with Crippen LogP contribution < -0.4 is 0 Å². The van der Waals surface area contributed by atoms with Crippen molar-refractivity contribution in [3.8, 4) is 0 Å². The van der Waals surface area contributed by atoms with Crippen LogP contribution in [0.15, 0.2) is 0 Å². The number of hydrogen-bond donors (Lipinski definition) is 0. The van der Waals surface area contributed by atoms with E-state index in [9.17, 15) is 4.79 Å². The van der Waals surface area contributed by atoms with Crippen molar-refractivity contribution in [2.75, 3.05) is 0 Å². The molecule has 10 heavy (non-hydrogen) atoms. The van der Waals surface area contributed by atoms with Gasteiger partial charge in [0.05, 0.1) is 6.10 Å². The van der Waals surface area contributed by atoms with E-state index in [0.29, 0.717) is 0 Å². The number of carbonyl (C=O) groups excluding carboxylic acids is 1. The van der Waals surface area contributed by atoms with Crippen molar-refractivity contribution in [3.63, 3.8) is 0 Å².